The highest BCUT2D eigenvalue weighted by Crippen LogP contribution is 1.97. The molecule has 0 unspecified atom stereocenters. The minimum absolute atomic E-state index is 0.238. The van der Waals surface area contributed by atoms with Crippen molar-refractivity contribution < 1.29 is 9.53 Å². The van der Waals surface area contributed by atoms with Crippen LogP contribution in [0.2, 0.25) is 0 Å². The summed E-state index contributed by atoms with van der Waals surface area (Å²) < 4.78 is 4.76. The van der Waals surface area contributed by atoms with E-state index in [0.717, 1.165) is 6.42 Å². The molecule has 0 fully saturated rings. The van der Waals surface area contributed by atoms with Crippen LogP contribution in [-0.4, -0.2) is 19.5 Å². The van der Waals surface area contributed by atoms with E-state index >= 15 is 0 Å². The van der Waals surface area contributed by atoms with E-state index in [9.17, 15) is 4.79 Å². The first-order valence-corrected chi connectivity index (χ1v) is 3.75. The molecular formula is C9H14O2. The van der Waals surface area contributed by atoms with E-state index in [1.807, 2.05) is 0 Å². The number of carbonyl (C=O) groups excluding carboxylic acids is 1. The number of unbranched alkanes of at least 4 members (excludes halogenated alkanes) is 1. The van der Waals surface area contributed by atoms with Gasteiger partial charge in [-0.05, 0) is 6.42 Å². The van der Waals surface area contributed by atoms with E-state index in [-0.39, 0.29) is 5.78 Å². The Morgan fingerprint density at radius 3 is 2.82 bits per heavy atom. The van der Waals surface area contributed by atoms with Gasteiger partial charge in [0.25, 0.3) is 0 Å². The molecule has 0 saturated heterocycles. The molecule has 0 aliphatic carbocycles. The summed E-state index contributed by atoms with van der Waals surface area (Å²) in [6.45, 7) is 0.523. The molecule has 0 aliphatic heterocycles. The number of methoxy groups -OCH3 is 1. The van der Waals surface area contributed by atoms with Crippen LogP contribution in [0.4, 0.5) is 0 Å². The van der Waals surface area contributed by atoms with Gasteiger partial charge in [0.1, 0.15) is 5.78 Å². The summed E-state index contributed by atoms with van der Waals surface area (Å²) in [7, 11) is 1.59. The van der Waals surface area contributed by atoms with Gasteiger partial charge >= 0.3 is 0 Å². The fraction of sp³-hybridized carbons (Fsp3) is 0.667. The maximum atomic E-state index is 10.9. The second-order valence-corrected chi connectivity index (χ2v) is 2.34. The van der Waals surface area contributed by atoms with Crippen LogP contribution in [-0.2, 0) is 9.53 Å². The Balaban J connectivity index is 3.17. The first-order valence-electron chi connectivity index (χ1n) is 3.75. The van der Waals surface area contributed by atoms with Crippen LogP contribution in [0, 0.1) is 12.3 Å². The second-order valence-electron chi connectivity index (χ2n) is 2.34. The number of terminal acetylenes is 1. The molecule has 0 rings (SSSR count). The molecule has 0 aromatic rings. The van der Waals surface area contributed by atoms with Gasteiger partial charge in [0, 0.05) is 26.4 Å². The van der Waals surface area contributed by atoms with Crippen molar-refractivity contribution in [3.63, 3.8) is 0 Å². The number of rotatable bonds is 6. The molecule has 11 heavy (non-hydrogen) atoms. The average Bonchev–Trinajstić information content (AvgIpc) is 2.01. The molecule has 0 radical (unpaired) electrons. The largest absolute Gasteiger partial charge is 0.384 e. The van der Waals surface area contributed by atoms with E-state index in [1.165, 1.54) is 0 Å². The Morgan fingerprint density at radius 1 is 1.55 bits per heavy atom. The number of hydrogen-bond acceptors (Lipinski definition) is 2. The van der Waals surface area contributed by atoms with Gasteiger partial charge in [-0.3, -0.25) is 4.79 Å². The van der Waals surface area contributed by atoms with Crippen molar-refractivity contribution in [3.8, 4) is 12.3 Å². The van der Waals surface area contributed by atoms with Gasteiger partial charge in [-0.1, -0.05) is 0 Å². The molecule has 0 N–H and O–H groups in total. The minimum atomic E-state index is 0.238. The first kappa shape index (κ1) is 10.2. The highest BCUT2D eigenvalue weighted by atomic mass is 16.5. The predicted molar refractivity (Wildman–Crippen MR) is 44.2 cm³/mol. The summed E-state index contributed by atoms with van der Waals surface area (Å²) in [6.07, 6.45) is 7.63. The monoisotopic (exact) mass is 154 g/mol. The summed E-state index contributed by atoms with van der Waals surface area (Å²) in [6, 6.07) is 0. The third-order valence-electron chi connectivity index (χ3n) is 1.36. The van der Waals surface area contributed by atoms with Gasteiger partial charge in [-0.25, -0.2) is 0 Å². The lowest BCUT2D eigenvalue weighted by Gasteiger charge is -1.96. The molecule has 0 spiro atoms. The van der Waals surface area contributed by atoms with E-state index in [2.05, 4.69) is 5.92 Å². The molecule has 0 aromatic carbocycles. The third-order valence-corrected chi connectivity index (χ3v) is 1.36. The van der Waals surface area contributed by atoms with Crippen molar-refractivity contribution in [2.24, 2.45) is 0 Å². The summed E-state index contributed by atoms with van der Waals surface area (Å²) in [4.78, 5) is 10.9. The number of ether oxygens (including phenoxy) is 1. The highest BCUT2D eigenvalue weighted by molar-refractivity contribution is 5.78. The fourth-order valence-corrected chi connectivity index (χ4v) is 0.729. The maximum absolute atomic E-state index is 10.9. The van der Waals surface area contributed by atoms with Crippen molar-refractivity contribution in [3.05, 3.63) is 0 Å². The molecule has 0 heterocycles. The lowest BCUT2D eigenvalue weighted by molar-refractivity contribution is -0.120. The topological polar surface area (TPSA) is 26.3 Å². The van der Waals surface area contributed by atoms with Crippen LogP contribution in [0.1, 0.15) is 25.7 Å². The van der Waals surface area contributed by atoms with Crippen LogP contribution in [0.25, 0.3) is 0 Å². The Bertz CT molecular complexity index is 144. The minimum Gasteiger partial charge on any atom is -0.384 e. The number of ketones is 1. The van der Waals surface area contributed by atoms with Crippen LogP contribution in [0.3, 0.4) is 0 Å². The van der Waals surface area contributed by atoms with Crippen molar-refractivity contribution in [1.82, 2.24) is 0 Å². The molecule has 0 amide bonds. The van der Waals surface area contributed by atoms with Crippen LogP contribution >= 0.6 is 0 Å². The lowest BCUT2D eigenvalue weighted by atomic mass is 10.1. The van der Waals surface area contributed by atoms with Gasteiger partial charge < -0.3 is 4.74 Å². The molecule has 0 aromatic heterocycles. The molecule has 2 nitrogen and oxygen atoms in total. The van der Waals surface area contributed by atoms with Crippen LogP contribution in [0.5, 0.6) is 0 Å². The van der Waals surface area contributed by atoms with Gasteiger partial charge in [0.15, 0.2) is 0 Å². The zero-order chi connectivity index (χ0) is 8.53. The summed E-state index contributed by atoms with van der Waals surface area (Å²) in [5, 5.41) is 0. The average molecular weight is 154 g/mol. The first-order chi connectivity index (χ1) is 5.31. The van der Waals surface area contributed by atoms with Crippen molar-refractivity contribution in [2.75, 3.05) is 13.7 Å². The quantitative estimate of drug-likeness (QED) is 0.427. The Hall–Kier alpha value is -0.810. The molecule has 62 valence electrons. The number of carbonyl (C=O) groups is 1. The normalized spacial score (nSPS) is 9.09. The fourth-order valence-electron chi connectivity index (χ4n) is 0.729. The smallest absolute Gasteiger partial charge is 0.135 e. The van der Waals surface area contributed by atoms with Crippen molar-refractivity contribution >= 4 is 5.78 Å². The lowest BCUT2D eigenvalue weighted by Crippen LogP contribution is -2.01. The summed E-state index contributed by atoms with van der Waals surface area (Å²) in [5.41, 5.74) is 0. The van der Waals surface area contributed by atoms with Gasteiger partial charge in [-0.2, -0.15) is 0 Å². The summed E-state index contributed by atoms with van der Waals surface area (Å²) in [5.74, 6) is 2.73. The Labute approximate surface area is 67.9 Å². The number of hydrogen-bond donors (Lipinski definition) is 0. The SMILES string of the molecule is C#CCCCC(=O)CCOC. The van der Waals surface area contributed by atoms with E-state index < -0.39 is 0 Å². The standard InChI is InChI=1S/C9H14O2/c1-3-4-5-6-9(10)7-8-11-2/h1H,4-8H2,2H3. The molecular weight excluding hydrogens is 140 g/mol. The van der Waals surface area contributed by atoms with E-state index in [4.69, 9.17) is 11.2 Å². The highest BCUT2D eigenvalue weighted by Gasteiger charge is 1.99. The zero-order valence-electron chi connectivity index (χ0n) is 6.93. The second kappa shape index (κ2) is 7.30. The molecule has 0 bridgehead atoms. The van der Waals surface area contributed by atoms with Crippen molar-refractivity contribution in [1.29, 1.82) is 0 Å². The van der Waals surface area contributed by atoms with Gasteiger partial charge in [0.2, 0.25) is 0 Å². The number of Topliss-reactive ketones (excluding diaryl/α,β-unsaturated/α-hetero) is 1. The molecule has 0 aliphatic rings. The van der Waals surface area contributed by atoms with E-state index in [0.29, 0.717) is 25.9 Å². The predicted octanol–water partition coefficient (Wildman–Crippen LogP) is 1.40. The molecule has 0 atom stereocenters. The Morgan fingerprint density at radius 2 is 2.27 bits per heavy atom. The van der Waals surface area contributed by atoms with Crippen molar-refractivity contribution in [2.45, 2.75) is 25.7 Å². The molecule has 2 heteroatoms. The molecule has 0 saturated carbocycles. The zero-order valence-corrected chi connectivity index (χ0v) is 6.93. The van der Waals surface area contributed by atoms with Gasteiger partial charge in [0.05, 0.1) is 6.61 Å². The van der Waals surface area contributed by atoms with Gasteiger partial charge in [-0.15, -0.1) is 12.3 Å². The maximum Gasteiger partial charge on any atom is 0.135 e. The summed E-state index contributed by atoms with van der Waals surface area (Å²) >= 11 is 0. The third kappa shape index (κ3) is 7.08. The van der Waals surface area contributed by atoms with Crippen LogP contribution < -0.4 is 0 Å². The Kier molecular flexibility index (Phi) is 6.76. The van der Waals surface area contributed by atoms with Crippen LogP contribution in [0.15, 0.2) is 0 Å². The van der Waals surface area contributed by atoms with E-state index in [1.54, 1.807) is 7.11 Å².